The van der Waals surface area contributed by atoms with E-state index in [4.69, 9.17) is 38.4 Å². The van der Waals surface area contributed by atoms with Gasteiger partial charge in [-0.05, 0) is 31.9 Å². The summed E-state index contributed by atoms with van der Waals surface area (Å²) in [5.41, 5.74) is 8.13. The average Bonchev–Trinajstić information content (AvgIpc) is 2.37. The number of nitrogens with two attached hydrogens (primary N) is 1. The zero-order valence-corrected chi connectivity index (χ0v) is 12.7. The van der Waals surface area contributed by atoms with Gasteiger partial charge in [-0.3, -0.25) is 0 Å². The van der Waals surface area contributed by atoms with E-state index >= 15 is 0 Å². The fraction of sp³-hybridized carbons (Fsp3) is 0.429. The number of halogens is 2. The minimum absolute atomic E-state index is 0.0401. The summed E-state index contributed by atoms with van der Waals surface area (Å²) in [4.78, 5) is 0. The Hall–Kier alpha value is -0.900. The number of ether oxygens (including phenoxy) is 2. The predicted molar refractivity (Wildman–Crippen MR) is 80.2 cm³/mol. The second-order valence-corrected chi connectivity index (χ2v) is 4.91. The van der Waals surface area contributed by atoms with Crippen LogP contribution in [0.3, 0.4) is 0 Å². The lowest BCUT2D eigenvalue weighted by Crippen LogP contribution is -2.18. The van der Waals surface area contributed by atoms with Crippen molar-refractivity contribution < 1.29 is 9.47 Å². The first-order valence-corrected chi connectivity index (χ1v) is 6.97. The van der Waals surface area contributed by atoms with Gasteiger partial charge < -0.3 is 15.2 Å². The van der Waals surface area contributed by atoms with Gasteiger partial charge in [-0.1, -0.05) is 35.3 Å². The molecule has 0 radical (unpaired) electrons. The van der Waals surface area contributed by atoms with E-state index in [1.807, 2.05) is 32.0 Å². The molecule has 0 fully saturated rings. The minimum Gasteiger partial charge on any atom is -0.490 e. The first-order valence-electron chi connectivity index (χ1n) is 6.16. The highest BCUT2D eigenvalue weighted by molar-refractivity contribution is 6.36. The second-order valence-electron chi connectivity index (χ2n) is 4.20. The van der Waals surface area contributed by atoms with Gasteiger partial charge in [-0.2, -0.15) is 0 Å². The molecule has 1 aromatic carbocycles. The molecule has 0 aliphatic carbocycles. The molecule has 0 saturated carbocycles. The highest BCUT2D eigenvalue weighted by Gasteiger charge is 2.12. The standard InChI is InChI=1S/C14H19Cl2NO2/c1-3-18-13-6-4-5-11(7-10(2)17)14(13)19-9-12(16)8-15/h4-6,8,10H,3,7,9,17H2,1-2H3. The van der Waals surface area contributed by atoms with Crippen LogP contribution in [0.1, 0.15) is 19.4 Å². The van der Waals surface area contributed by atoms with Gasteiger partial charge in [-0.15, -0.1) is 0 Å². The van der Waals surface area contributed by atoms with E-state index in [0.717, 1.165) is 5.56 Å². The fourth-order valence-corrected chi connectivity index (χ4v) is 1.79. The number of hydrogen-bond acceptors (Lipinski definition) is 3. The lowest BCUT2D eigenvalue weighted by Gasteiger charge is -2.16. The normalized spacial score (nSPS) is 13.2. The third kappa shape index (κ3) is 5.31. The maximum absolute atomic E-state index is 5.84. The van der Waals surface area contributed by atoms with Gasteiger partial charge in [0.15, 0.2) is 11.5 Å². The Balaban J connectivity index is 2.99. The molecule has 1 rings (SSSR count). The SMILES string of the molecule is CCOc1cccc(CC(C)N)c1OCC(Cl)=CCl. The molecule has 5 heteroatoms. The molecular weight excluding hydrogens is 285 g/mol. The van der Waals surface area contributed by atoms with Gasteiger partial charge in [0.1, 0.15) is 6.61 Å². The first-order chi connectivity index (χ1) is 9.08. The lowest BCUT2D eigenvalue weighted by atomic mass is 10.1. The lowest BCUT2D eigenvalue weighted by molar-refractivity contribution is 0.293. The van der Waals surface area contributed by atoms with Crippen LogP contribution in [0, 0.1) is 0 Å². The van der Waals surface area contributed by atoms with Crippen molar-refractivity contribution >= 4 is 23.2 Å². The van der Waals surface area contributed by atoms with E-state index in [2.05, 4.69) is 0 Å². The predicted octanol–water partition coefficient (Wildman–Crippen LogP) is 3.67. The molecule has 0 aliphatic heterocycles. The Bertz CT molecular complexity index is 433. The van der Waals surface area contributed by atoms with Crippen molar-refractivity contribution in [3.8, 4) is 11.5 Å². The smallest absolute Gasteiger partial charge is 0.164 e. The van der Waals surface area contributed by atoms with Crippen molar-refractivity contribution in [3.63, 3.8) is 0 Å². The van der Waals surface area contributed by atoms with Crippen molar-refractivity contribution in [2.24, 2.45) is 5.73 Å². The summed E-state index contributed by atoms with van der Waals surface area (Å²) >= 11 is 11.4. The molecule has 1 unspecified atom stereocenters. The highest BCUT2D eigenvalue weighted by Crippen LogP contribution is 2.32. The molecule has 3 nitrogen and oxygen atoms in total. The van der Waals surface area contributed by atoms with Crippen LogP contribution in [0.2, 0.25) is 0 Å². The zero-order valence-electron chi connectivity index (χ0n) is 11.2. The van der Waals surface area contributed by atoms with Crippen LogP contribution < -0.4 is 15.2 Å². The van der Waals surface area contributed by atoms with Gasteiger partial charge >= 0.3 is 0 Å². The third-order valence-electron chi connectivity index (χ3n) is 2.37. The van der Waals surface area contributed by atoms with Gasteiger partial charge in [0, 0.05) is 11.6 Å². The van der Waals surface area contributed by atoms with E-state index in [-0.39, 0.29) is 12.6 Å². The van der Waals surface area contributed by atoms with Crippen LogP contribution in [0.4, 0.5) is 0 Å². The molecular formula is C14H19Cl2NO2. The average molecular weight is 304 g/mol. The maximum atomic E-state index is 5.84. The Morgan fingerprint density at radius 2 is 2.16 bits per heavy atom. The molecule has 1 aromatic rings. The first kappa shape index (κ1) is 16.2. The largest absolute Gasteiger partial charge is 0.490 e. The van der Waals surface area contributed by atoms with Crippen LogP contribution in [0.25, 0.3) is 0 Å². The molecule has 0 saturated heterocycles. The molecule has 0 spiro atoms. The van der Waals surface area contributed by atoms with Crippen LogP contribution in [-0.2, 0) is 6.42 Å². The number of hydrogen-bond donors (Lipinski definition) is 1. The molecule has 1 atom stereocenters. The van der Waals surface area contributed by atoms with E-state index in [1.165, 1.54) is 5.54 Å². The molecule has 0 heterocycles. The Morgan fingerprint density at radius 1 is 1.42 bits per heavy atom. The van der Waals surface area contributed by atoms with Crippen molar-refractivity contribution in [3.05, 3.63) is 34.3 Å². The number of para-hydroxylation sites is 1. The third-order valence-corrected chi connectivity index (χ3v) is 2.97. The summed E-state index contributed by atoms with van der Waals surface area (Å²) in [5.74, 6) is 1.37. The summed E-state index contributed by atoms with van der Waals surface area (Å²) in [6.07, 6.45) is 0.707. The van der Waals surface area contributed by atoms with E-state index < -0.39 is 0 Å². The molecule has 106 valence electrons. The van der Waals surface area contributed by atoms with Crippen LogP contribution >= 0.6 is 23.2 Å². The van der Waals surface area contributed by atoms with Gasteiger partial charge in [0.05, 0.1) is 11.6 Å². The van der Waals surface area contributed by atoms with E-state index in [1.54, 1.807) is 0 Å². The van der Waals surface area contributed by atoms with Crippen molar-refractivity contribution in [1.29, 1.82) is 0 Å². The topological polar surface area (TPSA) is 44.5 Å². The second kappa shape index (κ2) is 8.31. The molecule has 0 bridgehead atoms. The maximum Gasteiger partial charge on any atom is 0.164 e. The molecule has 2 N–H and O–H groups in total. The van der Waals surface area contributed by atoms with Gasteiger partial charge in [-0.25, -0.2) is 0 Å². The van der Waals surface area contributed by atoms with Crippen molar-refractivity contribution in [1.82, 2.24) is 0 Å². The minimum atomic E-state index is 0.0401. The molecule has 0 aromatic heterocycles. The summed E-state index contributed by atoms with van der Waals surface area (Å²) < 4.78 is 11.3. The van der Waals surface area contributed by atoms with Crippen molar-refractivity contribution in [2.75, 3.05) is 13.2 Å². The number of benzene rings is 1. The quantitative estimate of drug-likeness (QED) is 0.836. The molecule has 0 aliphatic rings. The Labute approximate surface area is 124 Å². The van der Waals surface area contributed by atoms with Crippen molar-refractivity contribution in [2.45, 2.75) is 26.3 Å². The summed E-state index contributed by atoms with van der Waals surface area (Å²) in [7, 11) is 0. The summed E-state index contributed by atoms with van der Waals surface area (Å²) in [6, 6.07) is 5.80. The fourth-order valence-electron chi connectivity index (χ4n) is 1.67. The number of rotatable bonds is 7. The molecule has 19 heavy (non-hydrogen) atoms. The molecule has 0 amide bonds. The summed E-state index contributed by atoms with van der Waals surface area (Å²) in [5, 5.41) is 0.430. The summed E-state index contributed by atoms with van der Waals surface area (Å²) in [6.45, 7) is 4.65. The van der Waals surface area contributed by atoms with E-state index in [9.17, 15) is 0 Å². The van der Waals surface area contributed by atoms with Crippen LogP contribution in [0.15, 0.2) is 28.8 Å². The Morgan fingerprint density at radius 3 is 2.74 bits per heavy atom. The Kier molecular flexibility index (Phi) is 7.06. The highest BCUT2D eigenvalue weighted by atomic mass is 35.5. The van der Waals surface area contributed by atoms with Crippen LogP contribution in [0.5, 0.6) is 11.5 Å². The monoisotopic (exact) mass is 303 g/mol. The van der Waals surface area contributed by atoms with Gasteiger partial charge in [0.2, 0.25) is 0 Å². The van der Waals surface area contributed by atoms with Crippen LogP contribution in [-0.4, -0.2) is 19.3 Å². The zero-order chi connectivity index (χ0) is 14.3. The van der Waals surface area contributed by atoms with Gasteiger partial charge in [0.25, 0.3) is 0 Å². The van der Waals surface area contributed by atoms with E-state index in [0.29, 0.717) is 29.6 Å².